The molecule has 1 aromatic carbocycles. The summed E-state index contributed by atoms with van der Waals surface area (Å²) in [5.41, 5.74) is 1.23. The van der Waals surface area contributed by atoms with Gasteiger partial charge < -0.3 is 4.74 Å². The molecule has 1 aliphatic rings. The molecule has 3 nitrogen and oxygen atoms in total. The molecule has 0 aliphatic carbocycles. The molecule has 0 radical (unpaired) electrons. The van der Waals surface area contributed by atoms with E-state index in [1.54, 1.807) is 11.3 Å². The van der Waals surface area contributed by atoms with E-state index in [-0.39, 0.29) is 0 Å². The van der Waals surface area contributed by atoms with Crippen molar-refractivity contribution in [2.45, 2.75) is 25.2 Å². The van der Waals surface area contributed by atoms with Crippen molar-refractivity contribution >= 4 is 22.9 Å². The van der Waals surface area contributed by atoms with E-state index in [9.17, 15) is 0 Å². The molecule has 0 bridgehead atoms. The highest BCUT2D eigenvalue weighted by molar-refractivity contribution is 7.11. The quantitative estimate of drug-likeness (QED) is 0.808. The third-order valence-corrected chi connectivity index (χ3v) is 4.63. The zero-order valence-electron chi connectivity index (χ0n) is 10.5. The zero-order chi connectivity index (χ0) is 13.1. The molecule has 2 heterocycles. The fourth-order valence-corrected chi connectivity index (χ4v) is 3.50. The van der Waals surface area contributed by atoms with Crippen LogP contribution in [0.1, 0.15) is 34.3 Å². The monoisotopic (exact) mass is 294 g/mol. The van der Waals surface area contributed by atoms with E-state index in [0.717, 1.165) is 41.6 Å². The normalized spacial score (nSPS) is 17.8. The third kappa shape index (κ3) is 2.74. The van der Waals surface area contributed by atoms with E-state index in [0.29, 0.717) is 11.8 Å². The number of benzene rings is 1. The van der Waals surface area contributed by atoms with Crippen molar-refractivity contribution in [3.63, 3.8) is 0 Å². The molecular weight excluding hydrogens is 280 g/mol. The molecule has 0 fully saturated rings. The molecule has 1 atom stereocenters. The number of alkyl halides is 1. The smallest absolute Gasteiger partial charge is 0.125 e. The van der Waals surface area contributed by atoms with E-state index >= 15 is 0 Å². The third-order valence-electron chi connectivity index (χ3n) is 3.26. The summed E-state index contributed by atoms with van der Waals surface area (Å²) in [5, 5.41) is 10.8. The van der Waals surface area contributed by atoms with Crippen molar-refractivity contribution in [2.24, 2.45) is 0 Å². The molecule has 1 unspecified atom stereocenters. The number of rotatable bonds is 4. The van der Waals surface area contributed by atoms with Crippen molar-refractivity contribution in [1.82, 2.24) is 10.2 Å². The van der Waals surface area contributed by atoms with Crippen LogP contribution in [-0.2, 0) is 6.42 Å². The van der Waals surface area contributed by atoms with Gasteiger partial charge in [-0.15, -0.1) is 33.1 Å². The number of hydrogen-bond acceptors (Lipinski definition) is 4. The van der Waals surface area contributed by atoms with E-state index in [1.807, 2.05) is 12.1 Å². The van der Waals surface area contributed by atoms with Crippen LogP contribution in [0.4, 0.5) is 0 Å². The van der Waals surface area contributed by atoms with Crippen LogP contribution in [0.2, 0.25) is 0 Å². The maximum atomic E-state index is 5.71. The maximum Gasteiger partial charge on any atom is 0.125 e. The Balaban J connectivity index is 1.85. The van der Waals surface area contributed by atoms with Gasteiger partial charge in [0.05, 0.1) is 6.61 Å². The van der Waals surface area contributed by atoms with E-state index in [2.05, 4.69) is 22.3 Å². The summed E-state index contributed by atoms with van der Waals surface area (Å²) in [6, 6.07) is 8.21. The second-order valence-electron chi connectivity index (χ2n) is 4.55. The number of halogens is 1. The summed E-state index contributed by atoms with van der Waals surface area (Å²) in [5.74, 6) is 1.98. The lowest BCUT2D eigenvalue weighted by Crippen LogP contribution is -2.14. The minimum atomic E-state index is 0.326. The largest absolute Gasteiger partial charge is 0.493 e. The summed E-state index contributed by atoms with van der Waals surface area (Å²) in [6.07, 6.45) is 2.85. The molecule has 3 rings (SSSR count). The second kappa shape index (κ2) is 5.88. The molecule has 0 saturated heterocycles. The van der Waals surface area contributed by atoms with Gasteiger partial charge >= 0.3 is 0 Å². The number of fused-ring (bicyclic) bond motifs is 1. The van der Waals surface area contributed by atoms with Crippen LogP contribution in [0.25, 0.3) is 0 Å². The number of aryl methyl sites for hydroxylation is 1. The SMILES string of the molecule is ClCCCc1nnc(C2CCOc3ccccc32)s1. The van der Waals surface area contributed by atoms with Crippen LogP contribution in [0, 0.1) is 0 Å². The second-order valence-corrected chi connectivity index (χ2v) is 6.03. The summed E-state index contributed by atoms with van der Waals surface area (Å²) in [4.78, 5) is 0. The van der Waals surface area contributed by atoms with Gasteiger partial charge in [0.1, 0.15) is 15.8 Å². The Morgan fingerprint density at radius 2 is 2.21 bits per heavy atom. The van der Waals surface area contributed by atoms with Crippen LogP contribution in [0.3, 0.4) is 0 Å². The Morgan fingerprint density at radius 3 is 3.11 bits per heavy atom. The number of nitrogens with zero attached hydrogens (tertiary/aromatic N) is 2. The molecule has 0 amide bonds. The summed E-state index contributed by atoms with van der Waals surface area (Å²) < 4.78 is 5.69. The van der Waals surface area contributed by atoms with Crippen molar-refractivity contribution in [2.75, 3.05) is 12.5 Å². The van der Waals surface area contributed by atoms with Gasteiger partial charge in [0.2, 0.25) is 0 Å². The van der Waals surface area contributed by atoms with Crippen molar-refractivity contribution in [3.05, 3.63) is 39.8 Å². The van der Waals surface area contributed by atoms with Gasteiger partial charge in [0.15, 0.2) is 0 Å². The van der Waals surface area contributed by atoms with Crippen molar-refractivity contribution in [1.29, 1.82) is 0 Å². The van der Waals surface area contributed by atoms with Gasteiger partial charge in [0.25, 0.3) is 0 Å². The fourth-order valence-electron chi connectivity index (χ4n) is 2.33. The molecule has 0 saturated carbocycles. The predicted molar refractivity (Wildman–Crippen MR) is 77.3 cm³/mol. The number of aromatic nitrogens is 2. The molecule has 1 aromatic heterocycles. The van der Waals surface area contributed by atoms with E-state index in [4.69, 9.17) is 16.3 Å². The maximum absolute atomic E-state index is 5.71. The molecule has 100 valence electrons. The molecule has 19 heavy (non-hydrogen) atoms. The average Bonchev–Trinajstić information content (AvgIpc) is 2.93. The minimum Gasteiger partial charge on any atom is -0.493 e. The van der Waals surface area contributed by atoms with Crippen LogP contribution >= 0.6 is 22.9 Å². The van der Waals surface area contributed by atoms with E-state index < -0.39 is 0 Å². The van der Waals surface area contributed by atoms with Gasteiger partial charge in [-0.2, -0.15) is 0 Å². The lowest BCUT2D eigenvalue weighted by molar-refractivity contribution is 0.276. The van der Waals surface area contributed by atoms with Gasteiger partial charge in [-0.1, -0.05) is 18.2 Å². The average molecular weight is 295 g/mol. The Kier molecular flexibility index (Phi) is 3.99. The minimum absolute atomic E-state index is 0.326. The standard InChI is InChI=1S/C14H15ClN2OS/c15-8-3-6-13-16-17-14(19-13)11-7-9-18-12-5-2-1-4-10(11)12/h1-2,4-5,11H,3,6-9H2. The van der Waals surface area contributed by atoms with Gasteiger partial charge in [0, 0.05) is 23.8 Å². The first kappa shape index (κ1) is 12.9. The highest BCUT2D eigenvalue weighted by Crippen LogP contribution is 2.38. The molecule has 0 spiro atoms. The molecule has 1 aliphatic heterocycles. The lowest BCUT2D eigenvalue weighted by Gasteiger charge is -2.23. The number of para-hydroxylation sites is 1. The Morgan fingerprint density at radius 1 is 1.32 bits per heavy atom. The Hall–Kier alpha value is -1.13. The van der Waals surface area contributed by atoms with E-state index in [1.165, 1.54) is 5.56 Å². The van der Waals surface area contributed by atoms with Gasteiger partial charge in [-0.05, 0) is 18.9 Å². The van der Waals surface area contributed by atoms with Crippen molar-refractivity contribution in [3.8, 4) is 5.75 Å². The zero-order valence-corrected chi connectivity index (χ0v) is 12.1. The first-order valence-electron chi connectivity index (χ1n) is 6.48. The molecule has 2 aromatic rings. The Bertz CT molecular complexity index is 558. The highest BCUT2D eigenvalue weighted by Gasteiger charge is 2.25. The summed E-state index contributed by atoms with van der Waals surface area (Å²) in [6.45, 7) is 0.748. The van der Waals surface area contributed by atoms with Crippen LogP contribution in [-0.4, -0.2) is 22.7 Å². The first-order chi connectivity index (χ1) is 9.38. The van der Waals surface area contributed by atoms with Crippen LogP contribution in [0.5, 0.6) is 5.75 Å². The Labute approximate surface area is 121 Å². The molecular formula is C14H15ClN2OS. The van der Waals surface area contributed by atoms with Crippen molar-refractivity contribution < 1.29 is 4.74 Å². The number of ether oxygens (including phenoxy) is 1. The topological polar surface area (TPSA) is 35.0 Å². The predicted octanol–water partition coefficient (Wildman–Crippen LogP) is 3.62. The molecule has 0 N–H and O–H groups in total. The summed E-state index contributed by atoms with van der Waals surface area (Å²) >= 11 is 7.42. The number of hydrogen-bond donors (Lipinski definition) is 0. The van der Waals surface area contributed by atoms with Gasteiger partial charge in [-0.3, -0.25) is 0 Å². The fraction of sp³-hybridized carbons (Fsp3) is 0.429. The van der Waals surface area contributed by atoms with Gasteiger partial charge in [-0.25, -0.2) is 0 Å². The highest BCUT2D eigenvalue weighted by atomic mass is 35.5. The summed E-state index contributed by atoms with van der Waals surface area (Å²) in [7, 11) is 0. The lowest BCUT2D eigenvalue weighted by atomic mass is 9.94. The first-order valence-corrected chi connectivity index (χ1v) is 7.83. The van der Waals surface area contributed by atoms with Crippen LogP contribution < -0.4 is 4.74 Å². The van der Waals surface area contributed by atoms with Crippen LogP contribution in [0.15, 0.2) is 24.3 Å². The molecule has 5 heteroatoms.